The van der Waals surface area contributed by atoms with Gasteiger partial charge in [0.05, 0.1) is 6.54 Å². The predicted octanol–water partition coefficient (Wildman–Crippen LogP) is 1.79. The summed E-state index contributed by atoms with van der Waals surface area (Å²) in [5, 5.41) is 3.31. The molecular weight excluding hydrogens is 122 g/mol. The van der Waals surface area contributed by atoms with E-state index in [0.29, 0.717) is 6.04 Å². The summed E-state index contributed by atoms with van der Waals surface area (Å²) in [7, 11) is 0. The van der Waals surface area contributed by atoms with E-state index in [9.17, 15) is 0 Å². The molecule has 1 N–H and O–H groups in total. The van der Waals surface area contributed by atoms with Gasteiger partial charge in [-0.3, -0.25) is 0 Å². The summed E-state index contributed by atoms with van der Waals surface area (Å²) in [5.74, 6) is 5.83. The van der Waals surface area contributed by atoms with Crippen molar-refractivity contribution in [2.45, 2.75) is 39.7 Å². The third-order valence-corrected chi connectivity index (χ3v) is 1.44. The lowest BCUT2D eigenvalue weighted by Gasteiger charge is -2.08. The quantitative estimate of drug-likeness (QED) is 0.585. The molecule has 58 valence electrons. The van der Waals surface area contributed by atoms with Crippen molar-refractivity contribution in [1.29, 1.82) is 0 Å². The zero-order chi connectivity index (χ0) is 7.82. The molecule has 0 aromatic heterocycles. The molecule has 0 radical (unpaired) electrons. The molecule has 0 rings (SSSR count). The smallest absolute Gasteiger partial charge is 0.0578 e. The van der Waals surface area contributed by atoms with Crippen LogP contribution >= 0.6 is 0 Å². The molecule has 0 saturated carbocycles. The number of hydrogen-bond acceptors (Lipinski definition) is 1. The Hall–Kier alpha value is -0.480. The van der Waals surface area contributed by atoms with Crippen LogP contribution in [0.4, 0.5) is 0 Å². The highest BCUT2D eigenvalue weighted by atomic mass is 14.9. The molecule has 0 saturated heterocycles. The topological polar surface area (TPSA) is 12.0 Å². The van der Waals surface area contributed by atoms with Crippen molar-refractivity contribution in [3.8, 4) is 11.8 Å². The van der Waals surface area contributed by atoms with Gasteiger partial charge in [-0.15, -0.1) is 5.92 Å². The van der Waals surface area contributed by atoms with Crippen molar-refractivity contribution < 1.29 is 0 Å². The highest BCUT2D eigenvalue weighted by Crippen LogP contribution is 1.92. The van der Waals surface area contributed by atoms with Crippen LogP contribution in [0.25, 0.3) is 0 Å². The summed E-state index contributed by atoms with van der Waals surface area (Å²) in [6, 6.07) is 0.617. The van der Waals surface area contributed by atoms with E-state index >= 15 is 0 Å². The summed E-state index contributed by atoms with van der Waals surface area (Å²) in [5.41, 5.74) is 0. The van der Waals surface area contributed by atoms with Gasteiger partial charge in [-0.25, -0.2) is 0 Å². The van der Waals surface area contributed by atoms with Crippen LogP contribution in [0.3, 0.4) is 0 Å². The molecule has 0 aliphatic heterocycles. The fourth-order valence-electron chi connectivity index (χ4n) is 0.849. The second-order valence-corrected chi connectivity index (χ2v) is 2.50. The summed E-state index contributed by atoms with van der Waals surface area (Å²) in [6.07, 6.45) is 2.49. The van der Waals surface area contributed by atoms with Crippen molar-refractivity contribution in [1.82, 2.24) is 5.32 Å². The molecule has 0 fully saturated rings. The number of nitrogens with one attached hydrogen (secondary N) is 1. The Morgan fingerprint density at radius 3 is 2.70 bits per heavy atom. The molecule has 0 aromatic rings. The van der Waals surface area contributed by atoms with E-state index in [2.05, 4.69) is 31.0 Å². The van der Waals surface area contributed by atoms with Crippen LogP contribution < -0.4 is 5.32 Å². The Morgan fingerprint density at radius 2 is 2.20 bits per heavy atom. The van der Waals surface area contributed by atoms with E-state index in [1.54, 1.807) is 0 Å². The molecule has 1 heteroatoms. The van der Waals surface area contributed by atoms with E-state index in [4.69, 9.17) is 0 Å². The van der Waals surface area contributed by atoms with Crippen molar-refractivity contribution in [2.75, 3.05) is 6.54 Å². The van der Waals surface area contributed by atoms with E-state index in [1.165, 1.54) is 12.8 Å². The Kier molecular flexibility index (Phi) is 6.32. The van der Waals surface area contributed by atoms with Crippen LogP contribution in [0, 0.1) is 11.8 Å². The molecule has 0 heterocycles. The SMILES string of the molecule is CC#CCNC(C)CCC. The fourth-order valence-corrected chi connectivity index (χ4v) is 0.849. The summed E-state index contributed by atoms with van der Waals surface area (Å²) in [4.78, 5) is 0. The normalized spacial score (nSPS) is 11.9. The molecule has 0 spiro atoms. The zero-order valence-electron chi connectivity index (χ0n) is 7.20. The first-order valence-corrected chi connectivity index (χ1v) is 3.94. The molecular formula is C9H17N. The molecule has 0 aliphatic carbocycles. The van der Waals surface area contributed by atoms with Gasteiger partial charge < -0.3 is 5.32 Å². The van der Waals surface area contributed by atoms with Gasteiger partial charge in [0.25, 0.3) is 0 Å². The lowest BCUT2D eigenvalue weighted by atomic mass is 10.2. The summed E-state index contributed by atoms with van der Waals surface area (Å²) < 4.78 is 0. The van der Waals surface area contributed by atoms with Crippen molar-refractivity contribution in [3.63, 3.8) is 0 Å². The van der Waals surface area contributed by atoms with E-state index in [-0.39, 0.29) is 0 Å². The first-order valence-electron chi connectivity index (χ1n) is 3.94. The second-order valence-electron chi connectivity index (χ2n) is 2.50. The standard InChI is InChI=1S/C9H17N/c1-4-6-8-10-9(3)7-5-2/h9-10H,5,7-8H2,1-3H3. The maximum Gasteiger partial charge on any atom is 0.0578 e. The van der Waals surface area contributed by atoms with Crippen molar-refractivity contribution >= 4 is 0 Å². The van der Waals surface area contributed by atoms with Crippen LogP contribution in [0.15, 0.2) is 0 Å². The van der Waals surface area contributed by atoms with Gasteiger partial charge in [0.2, 0.25) is 0 Å². The summed E-state index contributed by atoms with van der Waals surface area (Å²) in [6.45, 7) is 7.09. The Morgan fingerprint density at radius 1 is 1.50 bits per heavy atom. The third kappa shape index (κ3) is 5.65. The second kappa shape index (κ2) is 6.64. The lowest BCUT2D eigenvalue weighted by Crippen LogP contribution is -2.25. The van der Waals surface area contributed by atoms with Crippen LogP contribution in [0.5, 0.6) is 0 Å². The number of rotatable bonds is 4. The lowest BCUT2D eigenvalue weighted by molar-refractivity contribution is 0.539. The molecule has 0 aromatic carbocycles. The van der Waals surface area contributed by atoms with Gasteiger partial charge in [-0.05, 0) is 20.3 Å². The van der Waals surface area contributed by atoms with Crippen molar-refractivity contribution in [3.05, 3.63) is 0 Å². The van der Waals surface area contributed by atoms with Gasteiger partial charge in [-0.1, -0.05) is 19.3 Å². The monoisotopic (exact) mass is 139 g/mol. The highest BCUT2D eigenvalue weighted by molar-refractivity contribution is 4.97. The molecule has 0 aliphatic rings. The molecule has 0 bridgehead atoms. The van der Waals surface area contributed by atoms with Crippen LogP contribution in [0.2, 0.25) is 0 Å². The first-order chi connectivity index (χ1) is 4.81. The maximum atomic E-state index is 3.31. The minimum atomic E-state index is 0.617. The average Bonchev–Trinajstić information content (AvgIpc) is 1.89. The van der Waals surface area contributed by atoms with Gasteiger partial charge >= 0.3 is 0 Å². The molecule has 0 amide bonds. The van der Waals surface area contributed by atoms with Gasteiger partial charge in [0.15, 0.2) is 0 Å². The molecule has 10 heavy (non-hydrogen) atoms. The van der Waals surface area contributed by atoms with Crippen LogP contribution in [0.1, 0.15) is 33.6 Å². The molecule has 1 atom stereocenters. The Bertz CT molecular complexity index is 118. The van der Waals surface area contributed by atoms with Gasteiger partial charge in [0.1, 0.15) is 0 Å². The Balaban J connectivity index is 3.18. The predicted molar refractivity (Wildman–Crippen MR) is 45.8 cm³/mol. The van der Waals surface area contributed by atoms with Crippen molar-refractivity contribution in [2.24, 2.45) is 0 Å². The van der Waals surface area contributed by atoms with E-state index in [1.807, 2.05) is 6.92 Å². The van der Waals surface area contributed by atoms with Crippen LogP contribution in [-0.2, 0) is 0 Å². The minimum absolute atomic E-state index is 0.617. The highest BCUT2D eigenvalue weighted by Gasteiger charge is 1.94. The number of hydrogen-bond donors (Lipinski definition) is 1. The third-order valence-electron chi connectivity index (χ3n) is 1.44. The maximum absolute atomic E-state index is 3.31. The van der Waals surface area contributed by atoms with Crippen LogP contribution in [-0.4, -0.2) is 12.6 Å². The zero-order valence-corrected chi connectivity index (χ0v) is 7.20. The van der Waals surface area contributed by atoms with E-state index < -0.39 is 0 Å². The molecule has 1 nitrogen and oxygen atoms in total. The fraction of sp³-hybridized carbons (Fsp3) is 0.778. The summed E-state index contributed by atoms with van der Waals surface area (Å²) >= 11 is 0. The average molecular weight is 139 g/mol. The first kappa shape index (κ1) is 9.52. The van der Waals surface area contributed by atoms with Gasteiger partial charge in [-0.2, -0.15) is 0 Å². The largest absolute Gasteiger partial charge is 0.304 e. The Labute approximate surface area is 64.2 Å². The van der Waals surface area contributed by atoms with E-state index in [0.717, 1.165) is 6.54 Å². The van der Waals surface area contributed by atoms with Gasteiger partial charge in [0, 0.05) is 6.04 Å². The molecule has 1 unspecified atom stereocenters. The minimum Gasteiger partial charge on any atom is -0.304 e.